The molecule has 4 heteroatoms. The van der Waals surface area contributed by atoms with Crippen LogP contribution in [0.2, 0.25) is 0 Å². The van der Waals surface area contributed by atoms with Crippen molar-refractivity contribution in [2.24, 2.45) is 0 Å². The summed E-state index contributed by atoms with van der Waals surface area (Å²) in [6.07, 6.45) is 6.90. The molecule has 4 aromatic rings. The van der Waals surface area contributed by atoms with Gasteiger partial charge in [0.1, 0.15) is 0 Å². The van der Waals surface area contributed by atoms with Gasteiger partial charge in [-0.05, 0) is 43.2 Å². The molecule has 0 radical (unpaired) electrons. The van der Waals surface area contributed by atoms with Crippen molar-refractivity contribution in [1.29, 1.82) is 0 Å². The van der Waals surface area contributed by atoms with Crippen molar-refractivity contribution in [3.05, 3.63) is 60.8 Å². The summed E-state index contributed by atoms with van der Waals surface area (Å²) in [5, 5.41) is 9.39. The number of hydrogen-bond acceptors (Lipinski definition) is 4. The van der Waals surface area contributed by atoms with Gasteiger partial charge in [0, 0.05) is 23.0 Å². The highest BCUT2D eigenvalue weighted by Gasteiger charge is 2.17. The molecule has 1 aliphatic carbocycles. The summed E-state index contributed by atoms with van der Waals surface area (Å²) in [4.78, 5) is 4.35. The minimum Gasteiger partial charge on any atom is -0.436 e. The average molecular weight is 343 g/mol. The second-order valence-corrected chi connectivity index (χ2v) is 6.94. The van der Waals surface area contributed by atoms with Gasteiger partial charge in [-0.25, -0.2) is 4.98 Å². The standard InChI is InChI=1S/C22H21N3O/c1-2-8-15(7-1)24-18-11-3-4-12-19(18)25-20-13-5-9-16-17-10-6-14-23-22(17)26-21(16)20/h3-6,9-15,24-25H,1-2,7-8H2. The molecule has 0 spiro atoms. The predicted octanol–water partition coefficient (Wildman–Crippen LogP) is 6.08. The molecule has 0 unspecified atom stereocenters. The quantitative estimate of drug-likeness (QED) is 0.471. The number of fused-ring (bicyclic) bond motifs is 3. The van der Waals surface area contributed by atoms with Crippen molar-refractivity contribution in [1.82, 2.24) is 4.98 Å². The Bertz CT molecular complexity index is 1060. The van der Waals surface area contributed by atoms with Crippen LogP contribution in [0, 0.1) is 0 Å². The predicted molar refractivity (Wildman–Crippen MR) is 107 cm³/mol. The molecule has 1 saturated carbocycles. The van der Waals surface area contributed by atoms with Crippen LogP contribution in [-0.4, -0.2) is 11.0 Å². The van der Waals surface area contributed by atoms with Crippen molar-refractivity contribution in [3.63, 3.8) is 0 Å². The molecule has 0 aliphatic heterocycles. The first-order valence-corrected chi connectivity index (χ1v) is 9.27. The second-order valence-electron chi connectivity index (χ2n) is 6.94. The Labute approximate surface area is 152 Å². The van der Waals surface area contributed by atoms with Gasteiger partial charge in [0.15, 0.2) is 5.58 Å². The molecule has 0 amide bonds. The number of rotatable bonds is 4. The van der Waals surface area contributed by atoms with E-state index in [1.807, 2.05) is 12.1 Å². The summed E-state index contributed by atoms with van der Waals surface area (Å²) >= 11 is 0. The lowest BCUT2D eigenvalue weighted by atomic mass is 10.1. The normalized spacial score (nSPS) is 14.9. The van der Waals surface area contributed by atoms with Gasteiger partial charge in [-0.2, -0.15) is 0 Å². The van der Waals surface area contributed by atoms with Crippen molar-refractivity contribution >= 4 is 39.1 Å². The fraction of sp³-hybridized carbons (Fsp3) is 0.227. The number of benzene rings is 2. The lowest BCUT2D eigenvalue weighted by Gasteiger charge is -2.18. The largest absolute Gasteiger partial charge is 0.436 e. The molecule has 0 atom stereocenters. The summed E-state index contributed by atoms with van der Waals surface area (Å²) in [7, 11) is 0. The van der Waals surface area contributed by atoms with E-state index in [0.29, 0.717) is 11.8 Å². The number of para-hydroxylation sites is 3. The van der Waals surface area contributed by atoms with E-state index in [1.165, 1.54) is 25.7 Å². The maximum Gasteiger partial charge on any atom is 0.227 e. The summed E-state index contributed by atoms with van der Waals surface area (Å²) in [5.74, 6) is 0. The molecule has 1 fully saturated rings. The van der Waals surface area contributed by atoms with Crippen LogP contribution in [0.15, 0.2) is 65.2 Å². The number of aromatic nitrogens is 1. The highest BCUT2D eigenvalue weighted by atomic mass is 16.3. The Morgan fingerprint density at radius 2 is 1.58 bits per heavy atom. The lowest BCUT2D eigenvalue weighted by molar-refractivity contribution is 0.655. The SMILES string of the molecule is c1ccc(NC2CCCC2)c(Nc2cccc3c2oc2ncccc23)c1. The van der Waals surface area contributed by atoms with E-state index in [0.717, 1.165) is 33.4 Å². The molecule has 2 heterocycles. The zero-order valence-electron chi connectivity index (χ0n) is 14.5. The van der Waals surface area contributed by atoms with E-state index in [1.54, 1.807) is 6.20 Å². The van der Waals surface area contributed by atoms with E-state index in [4.69, 9.17) is 4.42 Å². The first-order chi connectivity index (χ1) is 12.9. The van der Waals surface area contributed by atoms with Crippen LogP contribution < -0.4 is 10.6 Å². The van der Waals surface area contributed by atoms with Crippen molar-refractivity contribution in [2.75, 3.05) is 10.6 Å². The molecule has 0 saturated heterocycles. The first kappa shape index (κ1) is 15.3. The maximum absolute atomic E-state index is 6.04. The van der Waals surface area contributed by atoms with Crippen LogP contribution >= 0.6 is 0 Å². The first-order valence-electron chi connectivity index (χ1n) is 9.27. The Morgan fingerprint density at radius 3 is 2.46 bits per heavy atom. The van der Waals surface area contributed by atoms with Gasteiger partial charge >= 0.3 is 0 Å². The third-order valence-corrected chi connectivity index (χ3v) is 5.19. The third-order valence-electron chi connectivity index (χ3n) is 5.19. The number of furan rings is 1. The van der Waals surface area contributed by atoms with Gasteiger partial charge in [0.25, 0.3) is 0 Å². The lowest BCUT2D eigenvalue weighted by Crippen LogP contribution is -2.15. The van der Waals surface area contributed by atoms with E-state index in [-0.39, 0.29) is 0 Å². The van der Waals surface area contributed by atoms with E-state index >= 15 is 0 Å². The van der Waals surface area contributed by atoms with E-state index in [9.17, 15) is 0 Å². The van der Waals surface area contributed by atoms with Gasteiger partial charge in [-0.15, -0.1) is 0 Å². The molecular formula is C22H21N3O. The monoisotopic (exact) mass is 343 g/mol. The fourth-order valence-corrected chi connectivity index (χ4v) is 3.88. The van der Waals surface area contributed by atoms with E-state index in [2.05, 4.69) is 58.1 Å². The average Bonchev–Trinajstić information content (AvgIpc) is 3.31. The van der Waals surface area contributed by atoms with Gasteiger partial charge in [-0.3, -0.25) is 0 Å². The van der Waals surface area contributed by atoms with Crippen LogP contribution in [0.25, 0.3) is 22.1 Å². The molecule has 5 rings (SSSR count). The topological polar surface area (TPSA) is 50.1 Å². The number of pyridine rings is 1. The molecule has 2 N–H and O–H groups in total. The molecule has 4 nitrogen and oxygen atoms in total. The Balaban J connectivity index is 1.53. The van der Waals surface area contributed by atoms with E-state index < -0.39 is 0 Å². The van der Waals surface area contributed by atoms with Gasteiger partial charge in [0.05, 0.1) is 17.1 Å². The minimum absolute atomic E-state index is 0.573. The number of nitrogens with zero attached hydrogens (tertiary/aromatic N) is 1. The molecular weight excluding hydrogens is 322 g/mol. The van der Waals surface area contributed by atoms with Gasteiger partial charge < -0.3 is 15.1 Å². The number of anilines is 3. The van der Waals surface area contributed by atoms with Crippen molar-refractivity contribution in [3.8, 4) is 0 Å². The Kier molecular flexibility index (Phi) is 3.74. The maximum atomic E-state index is 6.04. The number of nitrogens with one attached hydrogen (secondary N) is 2. The van der Waals surface area contributed by atoms with Crippen LogP contribution in [0.3, 0.4) is 0 Å². The van der Waals surface area contributed by atoms with Crippen LogP contribution in [0.1, 0.15) is 25.7 Å². The highest BCUT2D eigenvalue weighted by Crippen LogP contribution is 2.35. The molecule has 26 heavy (non-hydrogen) atoms. The Hall–Kier alpha value is -3.01. The molecule has 130 valence electrons. The number of hydrogen-bond donors (Lipinski definition) is 2. The van der Waals surface area contributed by atoms with Gasteiger partial charge in [-0.1, -0.05) is 37.1 Å². The minimum atomic E-state index is 0.573. The van der Waals surface area contributed by atoms with Crippen LogP contribution in [0.5, 0.6) is 0 Å². The molecule has 0 bridgehead atoms. The van der Waals surface area contributed by atoms with Gasteiger partial charge in [0.2, 0.25) is 5.71 Å². The smallest absolute Gasteiger partial charge is 0.227 e. The third kappa shape index (κ3) is 2.68. The highest BCUT2D eigenvalue weighted by molar-refractivity contribution is 6.08. The Morgan fingerprint density at radius 1 is 0.808 bits per heavy atom. The zero-order chi connectivity index (χ0) is 17.3. The molecule has 1 aliphatic rings. The fourth-order valence-electron chi connectivity index (χ4n) is 3.88. The van der Waals surface area contributed by atoms with Crippen molar-refractivity contribution in [2.45, 2.75) is 31.7 Å². The van der Waals surface area contributed by atoms with Crippen molar-refractivity contribution < 1.29 is 4.42 Å². The van der Waals surface area contributed by atoms with Crippen LogP contribution in [-0.2, 0) is 0 Å². The summed E-state index contributed by atoms with van der Waals surface area (Å²) < 4.78 is 6.04. The zero-order valence-corrected chi connectivity index (χ0v) is 14.5. The van der Waals surface area contributed by atoms with Crippen LogP contribution in [0.4, 0.5) is 17.1 Å². The molecule has 2 aromatic carbocycles. The summed E-state index contributed by atoms with van der Waals surface area (Å²) in [5.41, 5.74) is 4.69. The summed E-state index contributed by atoms with van der Waals surface area (Å²) in [6.45, 7) is 0. The molecule has 2 aromatic heterocycles. The second kappa shape index (κ2) is 6.37. The summed E-state index contributed by atoms with van der Waals surface area (Å²) in [6, 6.07) is 19.1.